The predicted molar refractivity (Wildman–Crippen MR) is 52.8 cm³/mol. The van der Waals surface area contributed by atoms with Crippen LogP contribution in [0.2, 0.25) is 4.43 Å². The molecule has 1 atom stereocenters. The molecule has 0 saturated heterocycles. The van der Waals surface area contributed by atoms with Crippen LogP contribution in [0, 0.1) is 0 Å². The molecule has 78 valence electrons. The summed E-state index contributed by atoms with van der Waals surface area (Å²) in [5, 5.41) is 11.5. The van der Waals surface area contributed by atoms with Crippen LogP contribution < -0.4 is 5.32 Å². The quantitative estimate of drug-likeness (QED) is 0.673. The van der Waals surface area contributed by atoms with E-state index in [9.17, 15) is 9.59 Å². The maximum atomic E-state index is 11.0. The second-order valence-corrected chi connectivity index (χ2v) is 15.5. The number of amides is 1. The zero-order valence-corrected chi connectivity index (χ0v) is 15.3. The van der Waals surface area contributed by atoms with Crippen LogP contribution in [0.3, 0.4) is 0 Å². The monoisotopic (exact) mass is 407 g/mol. The third kappa shape index (κ3) is 4.64. The Hall–Kier alpha value is 0.225. The van der Waals surface area contributed by atoms with E-state index in [-0.39, 0.29) is 5.91 Å². The first-order valence-electron chi connectivity index (χ1n) is 4.45. The number of rotatable bonds is 5. The normalized spacial score (nSPS) is 12.9. The van der Waals surface area contributed by atoms with E-state index in [1.807, 2.05) is 13.8 Å². The first-order chi connectivity index (χ1) is 6.31. The van der Waals surface area contributed by atoms with Crippen molar-refractivity contribution in [1.29, 1.82) is 0 Å². The number of carbonyl (C=O) groups is 2. The number of carboxylic acids is 1. The first-order valence-corrected chi connectivity index (χ1v) is 17.7. The molecule has 0 rings (SSSR count). The average molecular weight is 406 g/mol. The fraction of sp³-hybridized carbons (Fsp3) is 0.750. The van der Waals surface area contributed by atoms with Crippen molar-refractivity contribution in [2.75, 3.05) is 0 Å². The minimum absolute atomic E-state index is 0.293. The van der Waals surface area contributed by atoms with Gasteiger partial charge < -0.3 is 0 Å². The summed E-state index contributed by atoms with van der Waals surface area (Å²) in [5.41, 5.74) is 0. The SMILES string of the molecule is [CH3][Hg][S]C(C)(C)C(NC(C)=O)C(=O)O. The molecule has 0 aromatic heterocycles. The van der Waals surface area contributed by atoms with E-state index in [1.54, 1.807) is 8.24 Å². The summed E-state index contributed by atoms with van der Waals surface area (Å²) < 4.78 is 1.78. The Morgan fingerprint density at radius 3 is 2.29 bits per heavy atom. The molecule has 6 heteroatoms. The van der Waals surface area contributed by atoms with Gasteiger partial charge in [0.05, 0.1) is 0 Å². The van der Waals surface area contributed by atoms with Crippen LogP contribution in [0.25, 0.3) is 0 Å². The Morgan fingerprint density at radius 1 is 1.50 bits per heavy atom. The van der Waals surface area contributed by atoms with Gasteiger partial charge in [-0.05, 0) is 0 Å². The molecule has 0 fully saturated rings. The molecule has 1 amide bonds. The minimum atomic E-state index is -0.964. The molecule has 0 heterocycles. The van der Waals surface area contributed by atoms with E-state index in [2.05, 4.69) is 9.75 Å². The first kappa shape index (κ1) is 14.2. The van der Waals surface area contributed by atoms with Gasteiger partial charge in [0.15, 0.2) is 0 Å². The van der Waals surface area contributed by atoms with Crippen molar-refractivity contribution in [2.45, 2.75) is 36.0 Å². The van der Waals surface area contributed by atoms with E-state index < -0.39 is 39.8 Å². The van der Waals surface area contributed by atoms with Gasteiger partial charge in [-0.2, -0.15) is 0 Å². The van der Waals surface area contributed by atoms with E-state index >= 15 is 0 Å². The number of carbonyl (C=O) groups excluding carboxylic acids is 1. The van der Waals surface area contributed by atoms with Gasteiger partial charge >= 0.3 is 99.2 Å². The second kappa shape index (κ2) is 5.95. The molecule has 0 radical (unpaired) electrons. The van der Waals surface area contributed by atoms with Gasteiger partial charge in [-0.15, -0.1) is 0 Å². The van der Waals surface area contributed by atoms with Crippen molar-refractivity contribution in [3.63, 3.8) is 0 Å². The van der Waals surface area contributed by atoms with Crippen molar-refractivity contribution < 1.29 is 37.8 Å². The van der Waals surface area contributed by atoms with Gasteiger partial charge in [-0.3, -0.25) is 0 Å². The molecular weight excluding hydrogens is 391 g/mol. The zero-order chi connectivity index (χ0) is 11.4. The van der Waals surface area contributed by atoms with E-state index in [0.717, 1.165) is 0 Å². The summed E-state index contributed by atoms with van der Waals surface area (Å²) in [6.45, 7) is 5.08. The molecule has 0 aliphatic carbocycles. The summed E-state index contributed by atoms with van der Waals surface area (Å²) in [5.74, 6) is -1.25. The fourth-order valence-electron chi connectivity index (χ4n) is 1.19. The van der Waals surface area contributed by atoms with Crippen molar-refractivity contribution >= 4 is 20.1 Å². The Balaban J connectivity index is 4.62. The molecule has 0 spiro atoms. The third-order valence-electron chi connectivity index (χ3n) is 1.81. The van der Waals surface area contributed by atoms with E-state index in [1.165, 1.54) is 6.92 Å². The van der Waals surface area contributed by atoms with Gasteiger partial charge in [-0.25, -0.2) is 0 Å². The number of carboxylic acid groups (broad SMARTS) is 1. The average Bonchev–Trinajstić information content (AvgIpc) is 1.99. The van der Waals surface area contributed by atoms with Gasteiger partial charge in [0.2, 0.25) is 0 Å². The molecule has 14 heavy (non-hydrogen) atoms. The van der Waals surface area contributed by atoms with Crippen molar-refractivity contribution in [1.82, 2.24) is 5.32 Å². The molecule has 0 aliphatic rings. The van der Waals surface area contributed by atoms with Crippen LogP contribution in [0.1, 0.15) is 20.8 Å². The Morgan fingerprint density at radius 2 is 2.00 bits per heavy atom. The summed E-state index contributed by atoms with van der Waals surface area (Å²) in [6.07, 6.45) is 0. The fourth-order valence-corrected chi connectivity index (χ4v) is 12.9. The van der Waals surface area contributed by atoms with Crippen LogP contribution in [-0.2, 0) is 32.6 Å². The Bertz CT molecular complexity index is 233. The summed E-state index contributed by atoms with van der Waals surface area (Å²) in [7, 11) is 1.74. The van der Waals surface area contributed by atoms with Gasteiger partial charge in [0, 0.05) is 0 Å². The van der Waals surface area contributed by atoms with Crippen LogP contribution in [0.15, 0.2) is 0 Å². The number of hydrogen-bond donors (Lipinski definition) is 2. The van der Waals surface area contributed by atoms with Crippen LogP contribution in [0.5, 0.6) is 0 Å². The van der Waals surface area contributed by atoms with Crippen molar-refractivity contribution in [2.24, 2.45) is 0 Å². The third-order valence-corrected chi connectivity index (χ3v) is 15.1. The Kier molecular flexibility index (Phi) is 6.05. The molecule has 0 aromatic carbocycles. The number of aliphatic carboxylic acids is 1. The topological polar surface area (TPSA) is 66.4 Å². The van der Waals surface area contributed by atoms with E-state index in [0.29, 0.717) is 0 Å². The summed E-state index contributed by atoms with van der Waals surface area (Å²) >= 11 is -0.964. The second-order valence-electron chi connectivity index (χ2n) is 3.51. The molecule has 0 bridgehead atoms. The molecular formula is C8H15HgNO3S. The van der Waals surface area contributed by atoms with Gasteiger partial charge in [-0.1, -0.05) is 0 Å². The van der Waals surface area contributed by atoms with Crippen molar-refractivity contribution in [3.8, 4) is 0 Å². The Labute approximate surface area is 98.8 Å². The molecule has 1 unspecified atom stereocenters. The number of hydrogen-bond acceptors (Lipinski definition) is 3. The molecule has 4 nitrogen and oxygen atoms in total. The van der Waals surface area contributed by atoms with Crippen LogP contribution >= 0.6 is 8.24 Å². The predicted octanol–water partition coefficient (Wildman–Crippen LogP) is 1.13. The van der Waals surface area contributed by atoms with Crippen LogP contribution in [0.4, 0.5) is 0 Å². The van der Waals surface area contributed by atoms with Gasteiger partial charge in [0.25, 0.3) is 0 Å². The zero-order valence-electron chi connectivity index (χ0n) is 8.96. The maximum absolute atomic E-state index is 11.0. The summed E-state index contributed by atoms with van der Waals surface area (Å²) in [4.78, 5) is 21.8. The molecule has 0 aromatic rings. The molecule has 0 aliphatic heterocycles. The van der Waals surface area contributed by atoms with Crippen molar-refractivity contribution in [3.05, 3.63) is 0 Å². The standard InChI is InChI=1S/C7H13NO3S.CH3.Hg/c1-4(9)8-5(6(10)11)7(2,3)12;;/h5,12H,1-3H3,(H,8,9)(H,10,11);1H3;/q;;+1/p-1. The number of nitrogens with one attached hydrogen (secondary N) is 1. The summed E-state index contributed by atoms with van der Waals surface area (Å²) in [6, 6.07) is -0.787. The molecule has 2 N–H and O–H groups in total. The van der Waals surface area contributed by atoms with Crippen LogP contribution in [-0.4, -0.2) is 27.8 Å². The van der Waals surface area contributed by atoms with Gasteiger partial charge in [0.1, 0.15) is 0 Å². The van der Waals surface area contributed by atoms with E-state index in [4.69, 9.17) is 5.11 Å². The molecule has 0 saturated carbocycles.